The normalized spacial score (nSPS) is 17.5. The predicted octanol–water partition coefficient (Wildman–Crippen LogP) is 2.66. The summed E-state index contributed by atoms with van der Waals surface area (Å²) in [5.74, 6) is -0.881. The van der Waals surface area contributed by atoms with E-state index in [0.717, 1.165) is 5.71 Å². The smallest absolute Gasteiger partial charge is 0.335 e. The van der Waals surface area contributed by atoms with Gasteiger partial charge in [0, 0.05) is 17.0 Å². The first-order valence-corrected chi connectivity index (χ1v) is 5.81. The summed E-state index contributed by atoms with van der Waals surface area (Å²) in [5, 5.41) is 10.8. The van der Waals surface area contributed by atoms with Crippen LogP contribution in [0.2, 0.25) is 0 Å². The highest BCUT2D eigenvalue weighted by Gasteiger charge is 2.07. The Kier molecular flexibility index (Phi) is 3.31. The lowest BCUT2D eigenvalue weighted by atomic mass is 10.1. The minimum Gasteiger partial charge on any atom is -0.478 e. The summed E-state index contributed by atoms with van der Waals surface area (Å²) in [7, 11) is 0. The van der Waals surface area contributed by atoms with Gasteiger partial charge in [-0.25, -0.2) is 4.79 Å². The van der Waals surface area contributed by atoms with Crippen molar-refractivity contribution in [2.24, 2.45) is 4.99 Å². The summed E-state index contributed by atoms with van der Waals surface area (Å²) >= 11 is 1.68. The third-order valence-corrected chi connectivity index (χ3v) is 3.11. The van der Waals surface area contributed by atoms with Crippen LogP contribution in [0, 0.1) is 0 Å². The summed E-state index contributed by atoms with van der Waals surface area (Å²) in [6.45, 7) is 0.674. The summed E-state index contributed by atoms with van der Waals surface area (Å²) in [6, 6.07) is 4.04. The average molecular weight is 233 g/mol. The van der Waals surface area contributed by atoms with Crippen LogP contribution in [0.5, 0.6) is 0 Å². The summed E-state index contributed by atoms with van der Waals surface area (Å²) in [6.07, 6.45) is 5.66. The standard InChI is InChI=1S/C12H11NO2S/c14-12(15)9-3-5-10(6-4-9)13-8-11-2-1-7-16-11/h1-5,7H,6,8H2,(H,14,15). The lowest BCUT2D eigenvalue weighted by Crippen LogP contribution is -2.05. The monoisotopic (exact) mass is 233 g/mol. The Morgan fingerprint density at radius 1 is 1.50 bits per heavy atom. The third-order valence-electron chi connectivity index (χ3n) is 2.25. The van der Waals surface area contributed by atoms with Crippen molar-refractivity contribution < 1.29 is 9.90 Å². The van der Waals surface area contributed by atoms with Crippen LogP contribution in [0.1, 0.15) is 11.3 Å². The number of carboxylic acids is 1. The molecule has 1 aromatic heterocycles. The molecule has 1 aliphatic rings. The number of rotatable bonds is 3. The number of aliphatic carboxylic acids is 1. The van der Waals surface area contributed by atoms with Gasteiger partial charge in [0.1, 0.15) is 0 Å². The van der Waals surface area contributed by atoms with Gasteiger partial charge in [-0.15, -0.1) is 11.3 Å². The average Bonchev–Trinajstić information content (AvgIpc) is 2.80. The lowest BCUT2D eigenvalue weighted by Gasteiger charge is -2.04. The molecule has 16 heavy (non-hydrogen) atoms. The molecule has 0 amide bonds. The molecule has 0 fully saturated rings. The minimum atomic E-state index is -0.881. The molecule has 0 bridgehead atoms. The maximum absolute atomic E-state index is 10.6. The fourth-order valence-electron chi connectivity index (χ4n) is 1.39. The molecule has 0 aromatic carbocycles. The van der Waals surface area contributed by atoms with Gasteiger partial charge >= 0.3 is 5.97 Å². The van der Waals surface area contributed by atoms with Crippen LogP contribution in [0.25, 0.3) is 0 Å². The Hall–Kier alpha value is -1.68. The van der Waals surface area contributed by atoms with E-state index in [2.05, 4.69) is 4.99 Å². The lowest BCUT2D eigenvalue weighted by molar-refractivity contribution is -0.132. The van der Waals surface area contributed by atoms with Crippen LogP contribution in [0.3, 0.4) is 0 Å². The van der Waals surface area contributed by atoms with E-state index in [4.69, 9.17) is 5.11 Å². The van der Waals surface area contributed by atoms with E-state index in [1.165, 1.54) is 4.88 Å². The van der Waals surface area contributed by atoms with E-state index in [-0.39, 0.29) is 0 Å². The fraction of sp³-hybridized carbons (Fsp3) is 0.167. The number of hydrogen-bond donors (Lipinski definition) is 1. The number of thiophene rings is 1. The number of carbonyl (C=O) groups is 1. The molecule has 2 rings (SSSR count). The summed E-state index contributed by atoms with van der Waals surface area (Å²) < 4.78 is 0. The van der Waals surface area contributed by atoms with Gasteiger partial charge < -0.3 is 5.11 Å². The largest absolute Gasteiger partial charge is 0.478 e. The van der Waals surface area contributed by atoms with Gasteiger partial charge in [-0.3, -0.25) is 4.99 Å². The molecule has 1 aliphatic carbocycles. The molecule has 0 radical (unpaired) electrons. The van der Waals surface area contributed by atoms with Gasteiger partial charge in [-0.05, 0) is 23.6 Å². The second-order valence-electron chi connectivity index (χ2n) is 3.39. The Morgan fingerprint density at radius 3 is 2.94 bits per heavy atom. The SMILES string of the molecule is O=C(O)C1=CCC(=NCc2cccs2)C=C1. The Bertz CT molecular complexity index is 469. The highest BCUT2D eigenvalue weighted by atomic mass is 32.1. The van der Waals surface area contributed by atoms with Crippen molar-refractivity contribution >= 4 is 23.0 Å². The molecule has 82 valence electrons. The first-order chi connectivity index (χ1) is 7.75. The van der Waals surface area contributed by atoms with Crippen molar-refractivity contribution in [3.8, 4) is 0 Å². The van der Waals surface area contributed by atoms with E-state index in [1.807, 2.05) is 17.5 Å². The summed E-state index contributed by atoms with van der Waals surface area (Å²) in [5.41, 5.74) is 1.27. The van der Waals surface area contributed by atoms with E-state index in [1.54, 1.807) is 29.6 Å². The highest BCUT2D eigenvalue weighted by Crippen LogP contribution is 2.12. The Balaban J connectivity index is 1.97. The molecule has 0 saturated carbocycles. The van der Waals surface area contributed by atoms with Gasteiger partial charge in [0.15, 0.2) is 0 Å². The van der Waals surface area contributed by atoms with E-state index < -0.39 is 5.97 Å². The number of allylic oxidation sites excluding steroid dienone is 2. The number of hydrogen-bond acceptors (Lipinski definition) is 3. The zero-order valence-electron chi connectivity index (χ0n) is 8.59. The molecular formula is C12H11NO2S. The topological polar surface area (TPSA) is 49.7 Å². The second kappa shape index (κ2) is 4.90. The van der Waals surface area contributed by atoms with Gasteiger partial charge in [0.25, 0.3) is 0 Å². The van der Waals surface area contributed by atoms with Crippen molar-refractivity contribution in [3.63, 3.8) is 0 Å². The molecule has 0 spiro atoms. The third kappa shape index (κ3) is 2.67. The molecule has 1 heterocycles. The van der Waals surface area contributed by atoms with E-state index in [0.29, 0.717) is 18.5 Å². The van der Waals surface area contributed by atoms with Crippen molar-refractivity contribution in [1.82, 2.24) is 0 Å². The van der Waals surface area contributed by atoms with Gasteiger partial charge in [0.2, 0.25) is 0 Å². The molecular weight excluding hydrogens is 222 g/mol. The van der Waals surface area contributed by atoms with Gasteiger partial charge in [-0.2, -0.15) is 0 Å². The van der Waals surface area contributed by atoms with Crippen LogP contribution < -0.4 is 0 Å². The number of aliphatic imine (C=N–C) groups is 1. The van der Waals surface area contributed by atoms with Gasteiger partial charge in [-0.1, -0.05) is 12.1 Å². The van der Waals surface area contributed by atoms with Crippen molar-refractivity contribution in [2.45, 2.75) is 13.0 Å². The van der Waals surface area contributed by atoms with E-state index >= 15 is 0 Å². The van der Waals surface area contributed by atoms with Crippen molar-refractivity contribution in [3.05, 3.63) is 46.2 Å². The molecule has 1 aromatic rings. The number of carboxylic acid groups (broad SMARTS) is 1. The molecule has 0 aliphatic heterocycles. The predicted molar refractivity (Wildman–Crippen MR) is 64.9 cm³/mol. The van der Waals surface area contributed by atoms with Crippen LogP contribution in [0.4, 0.5) is 0 Å². The van der Waals surface area contributed by atoms with Crippen LogP contribution in [-0.2, 0) is 11.3 Å². The molecule has 0 atom stereocenters. The zero-order valence-corrected chi connectivity index (χ0v) is 9.41. The van der Waals surface area contributed by atoms with Crippen LogP contribution in [-0.4, -0.2) is 16.8 Å². The minimum absolute atomic E-state index is 0.343. The van der Waals surface area contributed by atoms with Crippen LogP contribution in [0.15, 0.2) is 46.3 Å². The fourth-order valence-corrected chi connectivity index (χ4v) is 2.02. The first kappa shape index (κ1) is 10.8. The number of nitrogens with zero attached hydrogens (tertiary/aromatic N) is 1. The molecule has 1 N–H and O–H groups in total. The van der Waals surface area contributed by atoms with Crippen molar-refractivity contribution in [2.75, 3.05) is 0 Å². The quantitative estimate of drug-likeness (QED) is 0.872. The molecule has 0 unspecified atom stereocenters. The first-order valence-electron chi connectivity index (χ1n) is 4.93. The van der Waals surface area contributed by atoms with Crippen molar-refractivity contribution in [1.29, 1.82) is 0 Å². The maximum atomic E-state index is 10.6. The Labute approximate surface area is 97.5 Å². The Morgan fingerprint density at radius 2 is 2.38 bits per heavy atom. The van der Waals surface area contributed by atoms with Gasteiger partial charge in [0.05, 0.1) is 12.1 Å². The molecule has 3 nitrogen and oxygen atoms in total. The molecule has 4 heteroatoms. The van der Waals surface area contributed by atoms with E-state index in [9.17, 15) is 4.79 Å². The maximum Gasteiger partial charge on any atom is 0.335 e. The zero-order chi connectivity index (χ0) is 11.4. The van der Waals surface area contributed by atoms with Crippen LogP contribution >= 0.6 is 11.3 Å². The highest BCUT2D eigenvalue weighted by molar-refractivity contribution is 7.09. The summed E-state index contributed by atoms with van der Waals surface area (Å²) in [4.78, 5) is 16.3. The second-order valence-corrected chi connectivity index (χ2v) is 4.42. The molecule has 0 saturated heterocycles.